The summed E-state index contributed by atoms with van der Waals surface area (Å²) in [5, 5.41) is 2.45. The van der Waals surface area contributed by atoms with Crippen molar-refractivity contribution >= 4 is 21.8 Å². The summed E-state index contributed by atoms with van der Waals surface area (Å²) in [5.74, 6) is 6.23. The Bertz CT molecular complexity index is 1110. The van der Waals surface area contributed by atoms with E-state index in [2.05, 4.69) is 66.0 Å². The van der Waals surface area contributed by atoms with Crippen LogP contribution in [0.15, 0.2) is 73.1 Å². The number of nitrogens with zero attached hydrogens (tertiary/aromatic N) is 2. The van der Waals surface area contributed by atoms with Gasteiger partial charge in [0.05, 0.1) is 11.0 Å². The molecule has 0 aliphatic heterocycles. The van der Waals surface area contributed by atoms with Gasteiger partial charge >= 0.3 is 0 Å². The Balaban J connectivity index is 0.000000204. The van der Waals surface area contributed by atoms with Gasteiger partial charge in [-0.3, -0.25) is 9.97 Å². The molecule has 0 aliphatic carbocycles. The molecule has 160 valence electrons. The maximum Gasteiger partial charge on any atom is 0.0714 e. The third-order valence-corrected chi connectivity index (χ3v) is 4.83. The van der Waals surface area contributed by atoms with E-state index in [1.54, 1.807) is 6.20 Å². The monoisotopic (exact) mass is 410 g/mol. The van der Waals surface area contributed by atoms with Gasteiger partial charge in [0.15, 0.2) is 0 Å². The fourth-order valence-corrected chi connectivity index (χ4v) is 3.35. The van der Waals surface area contributed by atoms with Crippen molar-refractivity contribution in [3.05, 3.63) is 84.2 Å². The Morgan fingerprint density at radius 3 is 2.03 bits per heavy atom. The number of benzene rings is 2. The standard InChI is InChI=1S/C14H17N.C13H11N.C2H6/c1-2-3-4-7-12-8-5-10-14-13(12)9-6-11-15-14;1-2-3-6-11-7-4-9-13-12(11)8-5-10-14-13;1-2/h5-6,8-11H,2-4,7H2,1H3;4-5,7-10H,2H2,1H3;1-2H3. The second-order valence-corrected chi connectivity index (χ2v) is 6.98. The number of pyridine rings is 2. The van der Waals surface area contributed by atoms with Crippen molar-refractivity contribution in [2.75, 3.05) is 0 Å². The molecule has 0 unspecified atom stereocenters. The van der Waals surface area contributed by atoms with Crippen LogP contribution in [0.5, 0.6) is 0 Å². The molecule has 2 heterocycles. The maximum absolute atomic E-state index is 4.37. The smallest absolute Gasteiger partial charge is 0.0714 e. The van der Waals surface area contributed by atoms with Gasteiger partial charge in [0, 0.05) is 35.2 Å². The zero-order valence-corrected chi connectivity index (χ0v) is 19.4. The van der Waals surface area contributed by atoms with Crippen LogP contribution in [-0.4, -0.2) is 9.97 Å². The van der Waals surface area contributed by atoms with E-state index in [-0.39, 0.29) is 0 Å². The summed E-state index contributed by atoms with van der Waals surface area (Å²) in [7, 11) is 0. The van der Waals surface area contributed by atoms with Crippen molar-refractivity contribution in [2.45, 2.75) is 59.8 Å². The van der Waals surface area contributed by atoms with Crippen molar-refractivity contribution in [1.29, 1.82) is 0 Å². The molecule has 0 atom stereocenters. The van der Waals surface area contributed by atoms with Crippen LogP contribution >= 0.6 is 0 Å². The lowest BCUT2D eigenvalue weighted by Gasteiger charge is -2.04. The molecule has 2 aromatic heterocycles. The van der Waals surface area contributed by atoms with Gasteiger partial charge in [0.2, 0.25) is 0 Å². The number of unbranched alkanes of at least 4 members (excludes halogenated alkanes) is 2. The van der Waals surface area contributed by atoms with E-state index in [0.29, 0.717) is 0 Å². The lowest BCUT2D eigenvalue weighted by molar-refractivity contribution is 0.719. The first-order valence-corrected chi connectivity index (χ1v) is 11.5. The van der Waals surface area contributed by atoms with Crippen LogP contribution < -0.4 is 0 Å². The minimum absolute atomic E-state index is 0.886. The van der Waals surface area contributed by atoms with Crippen LogP contribution in [0.1, 0.15) is 64.5 Å². The summed E-state index contributed by atoms with van der Waals surface area (Å²) < 4.78 is 0. The Kier molecular flexibility index (Phi) is 10.8. The Labute approximate surface area is 187 Å². The van der Waals surface area contributed by atoms with E-state index in [1.807, 2.05) is 50.4 Å². The zero-order chi connectivity index (χ0) is 22.3. The average molecular weight is 411 g/mol. The first kappa shape index (κ1) is 24.1. The fraction of sp³-hybridized carbons (Fsp3) is 0.310. The van der Waals surface area contributed by atoms with Gasteiger partial charge in [-0.05, 0) is 48.7 Å². The average Bonchev–Trinajstić information content (AvgIpc) is 2.85. The van der Waals surface area contributed by atoms with Crippen molar-refractivity contribution in [2.24, 2.45) is 0 Å². The number of aryl methyl sites for hydroxylation is 1. The molecule has 0 aliphatic rings. The lowest BCUT2D eigenvalue weighted by atomic mass is 10.0. The highest BCUT2D eigenvalue weighted by atomic mass is 14.6. The third kappa shape index (κ3) is 7.23. The Morgan fingerprint density at radius 1 is 0.710 bits per heavy atom. The summed E-state index contributed by atoms with van der Waals surface area (Å²) in [6.45, 7) is 8.29. The van der Waals surface area contributed by atoms with E-state index < -0.39 is 0 Å². The molecule has 4 rings (SSSR count). The van der Waals surface area contributed by atoms with E-state index in [9.17, 15) is 0 Å². The first-order valence-electron chi connectivity index (χ1n) is 11.5. The van der Waals surface area contributed by atoms with Gasteiger partial charge in [-0.25, -0.2) is 0 Å². The van der Waals surface area contributed by atoms with E-state index >= 15 is 0 Å². The van der Waals surface area contributed by atoms with Crippen molar-refractivity contribution in [3.63, 3.8) is 0 Å². The number of rotatable bonds is 4. The second kappa shape index (κ2) is 13.9. The molecule has 0 radical (unpaired) electrons. The molecular weight excluding hydrogens is 376 g/mol. The molecule has 0 fully saturated rings. The second-order valence-electron chi connectivity index (χ2n) is 6.98. The van der Waals surface area contributed by atoms with Gasteiger partial charge < -0.3 is 0 Å². The van der Waals surface area contributed by atoms with E-state index in [0.717, 1.165) is 28.4 Å². The Morgan fingerprint density at radius 2 is 1.35 bits per heavy atom. The topological polar surface area (TPSA) is 25.8 Å². The van der Waals surface area contributed by atoms with Crippen LogP contribution in [0.4, 0.5) is 0 Å². The van der Waals surface area contributed by atoms with Crippen LogP contribution in [0.3, 0.4) is 0 Å². The summed E-state index contributed by atoms with van der Waals surface area (Å²) in [6, 6.07) is 20.6. The highest BCUT2D eigenvalue weighted by molar-refractivity contribution is 5.84. The van der Waals surface area contributed by atoms with E-state index in [4.69, 9.17) is 0 Å². The summed E-state index contributed by atoms with van der Waals surface area (Å²) in [4.78, 5) is 8.65. The van der Waals surface area contributed by atoms with Crippen LogP contribution in [0.2, 0.25) is 0 Å². The van der Waals surface area contributed by atoms with Crippen molar-refractivity contribution in [1.82, 2.24) is 9.97 Å². The van der Waals surface area contributed by atoms with Gasteiger partial charge in [-0.1, -0.05) is 82.7 Å². The molecule has 0 bridgehead atoms. The molecule has 4 aromatic rings. The predicted octanol–water partition coefficient (Wildman–Crippen LogP) is 7.99. The molecule has 31 heavy (non-hydrogen) atoms. The molecule has 0 amide bonds. The largest absolute Gasteiger partial charge is 0.256 e. The summed E-state index contributed by atoms with van der Waals surface area (Å²) in [6.07, 6.45) is 9.61. The van der Waals surface area contributed by atoms with Crippen LogP contribution in [0, 0.1) is 11.8 Å². The predicted molar refractivity (Wildman–Crippen MR) is 135 cm³/mol. The van der Waals surface area contributed by atoms with Gasteiger partial charge in [-0.15, -0.1) is 0 Å². The molecule has 2 nitrogen and oxygen atoms in total. The minimum Gasteiger partial charge on any atom is -0.256 e. The molecule has 0 spiro atoms. The van der Waals surface area contributed by atoms with Crippen molar-refractivity contribution in [3.8, 4) is 11.8 Å². The highest BCUT2D eigenvalue weighted by Crippen LogP contribution is 2.18. The minimum atomic E-state index is 0.886. The maximum atomic E-state index is 4.37. The number of hydrogen-bond donors (Lipinski definition) is 0. The molecule has 0 saturated carbocycles. The molecule has 2 heteroatoms. The molecule has 0 saturated heterocycles. The fourth-order valence-electron chi connectivity index (χ4n) is 3.35. The third-order valence-electron chi connectivity index (χ3n) is 4.83. The number of hydrogen-bond acceptors (Lipinski definition) is 2. The first-order chi connectivity index (χ1) is 15.3. The molecule has 2 aromatic carbocycles. The Hall–Kier alpha value is -3.18. The van der Waals surface area contributed by atoms with Gasteiger partial charge in [-0.2, -0.15) is 0 Å². The van der Waals surface area contributed by atoms with Gasteiger partial charge in [0.25, 0.3) is 0 Å². The highest BCUT2D eigenvalue weighted by Gasteiger charge is 2.00. The lowest BCUT2D eigenvalue weighted by Crippen LogP contribution is -1.88. The van der Waals surface area contributed by atoms with Crippen LogP contribution in [0.25, 0.3) is 21.8 Å². The van der Waals surface area contributed by atoms with Gasteiger partial charge in [0.1, 0.15) is 0 Å². The molecule has 0 N–H and O–H groups in total. The van der Waals surface area contributed by atoms with Crippen molar-refractivity contribution < 1.29 is 0 Å². The zero-order valence-electron chi connectivity index (χ0n) is 19.4. The van der Waals surface area contributed by atoms with Crippen LogP contribution in [-0.2, 0) is 6.42 Å². The molecular formula is C29H34N2. The summed E-state index contributed by atoms with van der Waals surface area (Å²) in [5.41, 5.74) is 4.63. The summed E-state index contributed by atoms with van der Waals surface area (Å²) >= 11 is 0. The quantitative estimate of drug-likeness (QED) is 0.252. The number of fused-ring (bicyclic) bond motifs is 2. The normalized spacial score (nSPS) is 9.68. The SMILES string of the molecule is CC.CCC#Cc1cccc2ncccc12.CCCCCc1cccc2ncccc12. The van der Waals surface area contributed by atoms with E-state index in [1.165, 1.54) is 36.6 Å². The number of aromatic nitrogens is 2.